The zero-order chi connectivity index (χ0) is 22.5. The summed E-state index contributed by atoms with van der Waals surface area (Å²) < 4.78 is 6.58. The number of carbonyl (C=O) groups is 2. The number of hydrogen-bond donors (Lipinski definition) is 1. The quantitative estimate of drug-likeness (QED) is 0.165. The second-order valence-electron chi connectivity index (χ2n) is 7.16. The first-order valence-electron chi connectivity index (χ1n) is 9.91. The van der Waals surface area contributed by atoms with Gasteiger partial charge < -0.3 is 4.74 Å². The van der Waals surface area contributed by atoms with Crippen molar-refractivity contribution in [2.24, 2.45) is 5.10 Å². The van der Waals surface area contributed by atoms with E-state index in [-0.39, 0.29) is 5.91 Å². The number of nitrogens with zero attached hydrogens (tertiary/aromatic N) is 1. The van der Waals surface area contributed by atoms with E-state index in [0.29, 0.717) is 22.4 Å². The van der Waals surface area contributed by atoms with E-state index in [4.69, 9.17) is 4.74 Å². The van der Waals surface area contributed by atoms with Gasteiger partial charge in [-0.1, -0.05) is 64.0 Å². The third-order valence-electron chi connectivity index (χ3n) is 4.85. The van der Waals surface area contributed by atoms with E-state index in [1.165, 1.54) is 6.21 Å². The zero-order valence-electron chi connectivity index (χ0n) is 17.2. The van der Waals surface area contributed by atoms with E-state index in [9.17, 15) is 9.59 Å². The zero-order valence-corrected chi connectivity index (χ0v) is 18.8. The topological polar surface area (TPSA) is 67.8 Å². The number of nitrogens with one attached hydrogen (secondary N) is 1. The van der Waals surface area contributed by atoms with Gasteiger partial charge in [-0.05, 0) is 60.2 Å². The molecule has 0 fully saturated rings. The SMILES string of the molecule is Cc1cccc(C(=O)Oc2ccc3ccccc3c2C=NNC(=O)c2ccc(Br)cc2)c1. The standard InChI is InChI=1S/C26H19BrN2O3/c1-17-5-4-7-20(15-17)26(31)32-24-14-11-18-6-2-3-8-22(18)23(24)16-28-29-25(30)19-9-12-21(27)13-10-19/h2-16H,1H3,(H,29,30). The fourth-order valence-electron chi connectivity index (χ4n) is 3.25. The van der Waals surface area contributed by atoms with Gasteiger partial charge in [0.2, 0.25) is 0 Å². The van der Waals surface area contributed by atoms with Gasteiger partial charge in [0, 0.05) is 15.6 Å². The van der Waals surface area contributed by atoms with Crippen LogP contribution in [0.2, 0.25) is 0 Å². The summed E-state index contributed by atoms with van der Waals surface area (Å²) >= 11 is 3.35. The minimum absolute atomic E-state index is 0.340. The molecule has 4 aromatic carbocycles. The lowest BCUT2D eigenvalue weighted by molar-refractivity contribution is 0.0734. The fourth-order valence-corrected chi connectivity index (χ4v) is 3.51. The summed E-state index contributed by atoms with van der Waals surface area (Å²) in [5.74, 6) is -0.443. The van der Waals surface area contributed by atoms with Crippen LogP contribution in [-0.4, -0.2) is 18.1 Å². The normalized spacial score (nSPS) is 10.9. The average Bonchev–Trinajstić information content (AvgIpc) is 2.80. The molecule has 0 saturated carbocycles. The van der Waals surface area contributed by atoms with Gasteiger partial charge in [-0.15, -0.1) is 0 Å². The van der Waals surface area contributed by atoms with Crippen molar-refractivity contribution < 1.29 is 14.3 Å². The molecule has 0 radical (unpaired) electrons. The van der Waals surface area contributed by atoms with Crippen molar-refractivity contribution in [3.8, 4) is 5.75 Å². The van der Waals surface area contributed by atoms with Gasteiger partial charge in [0.1, 0.15) is 5.75 Å². The lowest BCUT2D eigenvalue weighted by Crippen LogP contribution is -2.17. The van der Waals surface area contributed by atoms with Gasteiger partial charge in [-0.2, -0.15) is 5.10 Å². The number of carbonyl (C=O) groups excluding carboxylic acids is 2. The molecule has 4 rings (SSSR count). The van der Waals surface area contributed by atoms with E-state index in [2.05, 4.69) is 26.5 Å². The van der Waals surface area contributed by atoms with E-state index in [1.807, 2.05) is 49.4 Å². The number of aryl methyl sites for hydroxylation is 1. The first-order chi connectivity index (χ1) is 15.5. The largest absolute Gasteiger partial charge is 0.422 e. The summed E-state index contributed by atoms with van der Waals surface area (Å²) in [4.78, 5) is 25.1. The van der Waals surface area contributed by atoms with Crippen LogP contribution in [0.5, 0.6) is 5.75 Å². The van der Waals surface area contributed by atoms with Gasteiger partial charge in [-0.3, -0.25) is 4.79 Å². The van der Waals surface area contributed by atoms with E-state index < -0.39 is 5.97 Å². The third kappa shape index (κ3) is 4.92. The molecule has 0 atom stereocenters. The molecule has 6 heteroatoms. The van der Waals surface area contributed by atoms with Crippen molar-refractivity contribution in [1.82, 2.24) is 5.43 Å². The highest BCUT2D eigenvalue weighted by molar-refractivity contribution is 9.10. The van der Waals surface area contributed by atoms with Crippen LogP contribution in [0.1, 0.15) is 31.8 Å². The van der Waals surface area contributed by atoms with Crippen LogP contribution < -0.4 is 10.2 Å². The van der Waals surface area contributed by atoms with Crippen molar-refractivity contribution >= 4 is 44.8 Å². The second-order valence-corrected chi connectivity index (χ2v) is 8.08. The molecular formula is C26H19BrN2O3. The lowest BCUT2D eigenvalue weighted by atomic mass is 10.0. The Morgan fingerprint density at radius 2 is 1.69 bits per heavy atom. The molecule has 158 valence electrons. The highest BCUT2D eigenvalue weighted by Crippen LogP contribution is 2.27. The Morgan fingerprint density at radius 3 is 2.47 bits per heavy atom. The minimum atomic E-state index is -0.461. The molecule has 32 heavy (non-hydrogen) atoms. The van der Waals surface area contributed by atoms with Crippen molar-refractivity contribution in [1.29, 1.82) is 0 Å². The Balaban J connectivity index is 1.62. The van der Waals surface area contributed by atoms with Crippen molar-refractivity contribution in [3.05, 3.63) is 112 Å². The molecule has 0 unspecified atom stereocenters. The maximum Gasteiger partial charge on any atom is 0.343 e. The molecule has 0 bridgehead atoms. The van der Waals surface area contributed by atoms with E-state index >= 15 is 0 Å². The maximum absolute atomic E-state index is 12.7. The first kappa shape index (κ1) is 21.5. The number of halogens is 1. The van der Waals surface area contributed by atoms with Crippen LogP contribution in [0.25, 0.3) is 10.8 Å². The molecule has 1 amide bonds. The Hall–Kier alpha value is -3.77. The maximum atomic E-state index is 12.7. The Kier molecular flexibility index (Phi) is 6.42. The van der Waals surface area contributed by atoms with Crippen LogP contribution in [0.3, 0.4) is 0 Å². The Morgan fingerprint density at radius 1 is 0.906 bits per heavy atom. The number of ether oxygens (including phenoxy) is 1. The van der Waals surface area contributed by atoms with Gasteiger partial charge in [0.05, 0.1) is 11.8 Å². The molecule has 4 aromatic rings. The molecule has 1 N–H and O–H groups in total. The highest BCUT2D eigenvalue weighted by Gasteiger charge is 2.14. The van der Waals surface area contributed by atoms with Crippen molar-refractivity contribution in [2.75, 3.05) is 0 Å². The summed E-state index contributed by atoms with van der Waals surface area (Å²) in [5.41, 5.74) is 5.03. The monoisotopic (exact) mass is 486 g/mol. The van der Waals surface area contributed by atoms with Gasteiger partial charge >= 0.3 is 5.97 Å². The second kappa shape index (κ2) is 9.58. The van der Waals surface area contributed by atoms with Crippen LogP contribution >= 0.6 is 15.9 Å². The Bertz CT molecular complexity index is 1330. The smallest absolute Gasteiger partial charge is 0.343 e. The van der Waals surface area contributed by atoms with Gasteiger partial charge in [-0.25, -0.2) is 10.2 Å². The summed E-state index contributed by atoms with van der Waals surface area (Å²) in [7, 11) is 0. The predicted octanol–water partition coefficient (Wildman–Crippen LogP) is 5.89. The van der Waals surface area contributed by atoms with E-state index in [1.54, 1.807) is 42.5 Å². The average molecular weight is 487 g/mol. The van der Waals surface area contributed by atoms with Gasteiger partial charge in [0.15, 0.2) is 0 Å². The number of hydrazone groups is 1. The lowest BCUT2D eigenvalue weighted by Gasteiger charge is -2.11. The number of amides is 1. The van der Waals surface area contributed by atoms with Crippen LogP contribution in [0.4, 0.5) is 0 Å². The summed E-state index contributed by atoms with van der Waals surface area (Å²) in [6, 6.07) is 25.5. The van der Waals surface area contributed by atoms with E-state index in [0.717, 1.165) is 20.8 Å². The number of esters is 1. The Labute approximate surface area is 193 Å². The number of hydrogen-bond acceptors (Lipinski definition) is 4. The number of rotatable bonds is 5. The molecule has 0 saturated heterocycles. The van der Waals surface area contributed by atoms with Crippen LogP contribution in [-0.2, 0) is 0 Å². The molecule has 0 aliphatic rings. The minimum Gasteiger partial charge on any atom is -0.422 e. The fraction of sp³-hybridized carbons (Fsp3) is 0.0385. The summed E-state index contributed by atoms with van der Waals surface area (Å²) in [6.45, 7) is 1.92. The molecule has 0 aromatic heterocycles. The summed E-state index contributed by atoms with van der Waals surface area (Å²) in [6.07, 6.45) is 1.50. The van der Waals surface area contributed by atoms with Crippen LogP contribution in [0, 0.1) is 6.92 Å². The van der Waals surface area contributed by atoms with Crippen molar-refractivity contribution in [2.45, 2.75) is 6.92 Å². The number of fused-ring (bicyclic) bond motifs is 1. The van der Waals surface area contributed by atoms with Crippen molar-refractivity contribution in [3.63, 3.8) is 0 Å². The molecule has 0 spiro atoms. The summed E-state index contributed by atoms with van der Waals surface area (Å²) in [5, 5.41) is 5.93. The number of benzene rings is 4. The van der Waals surface area contributed by atoms with Gasteiger partial charge in [0.25, 0.3) is 5.91 Å². The molecule has 5 nitrogen and oxygen atoms in total. The molecular weight excluding hydrogens is 468 g/mol. The van der Waals surface area contributed by atoms with Crippen LogP contribution in [0.15, 0.2) is 94.5 Å². The third-order valence-corrected chi connectivity index (χ3v) is 5.38. The molecule has 0 aliphatic heterocycles. The highest BCUT2D eigenvalue weighted by atomic mass is 79.9. The molecule has 0 heterocycles. The first-order valence-corrected chi connectivity index (χ1v) is 10.7. The molecule has 0 aliphatic carbocycles. The predicted molar refractivity (Wildman–Crippen MR) is 129 cm³/mol.